The summed E-state index contributed by atoms with van der Waals surface area (Å²) < 4.78 is 0. The predicted molar refractivity (Wildman–Crippen MR) is 67.5 cm³/mol. The number of aryl methyl sites for hydroxylation is 2. The Kier molecular flexibility index (Phi) is 3.59. The van der Waals surface area contributed by atoms with Crippen LogP contribution in [-0.2, 0) is 0 Å². The van der Waals surface area contributed by atoms with E-state index in [0.29, 0.717) is 6.04 Å². The fourth-order valence-electron chi connectivity index (χ4n) is 2.96. The van der Waals surface area contributed by atoms with Crippen LogP contribution < -0.4 is 5.32 Å². The van der Waals surface area contributed by atoms with E-state index in [1.807, 2.05) is 0 Å². The zero-order chi connectivity index (χ0) is 11.5. The summed E-state index contributed by atoms with van der Waals surface area (Å²) in [4.78, 5) is 4.57. The molecule has 0 aromatic carbocycles. The van der Waals surface area contributed by atoms with Crippen molar-refractivity contribution in [2.75, 3.05) is 7.05 Å². The average molecular weight is 218 g/mol. The third kappa shape index (κ3) is 2.27. The van der Waals surface area contributed by atoms with Crippen LogP contribution in [0.1, 0.15) is 48.7 Å². The molecule has 1 heterocycles. The number of nitrogens with one attached hydrogen (secondary N) is 1. The monoisotopic (exact) mass is 218 g/mol. The maximum absolute atomic E-state index is 4.57. The Labute approximate surface area is 98.5 Å². The van der Waals surface area contributed by atoms with Gasteiger partial charge in [0.1, 0.15) is 0 Å². The SMILES string of the molecule is CNC(c1ccc(C)nc1C)C1CCCC1. The molecule has 0 amide bonds. The molecule has 0 spiro atoms. The molecule has 1 unspecified atom stereocenters. The molecule has 1 aliphatic carbocycles. The fourth-order valence-corrected chi connectivity index (χ4v) is 2.96. The van der Waals surface area contributed by atoms with Gasteiger partial charge in [-0.1, -0.05) is 18.9 Å². The van der Waals surface area contributed by atoms with Gasteiger partial charge in [-0.15, -0.1) is 0 Å². The summed E-state index contributed by atoms with van der Waals surface area (Å²) >= 11 is 0. The quantitative estimate of drug-likeness (QED) is 0.843. The lowest BCUT2D eigenvalue weighted by molar-refractivity contribution is 0.388. The summed E-state index contributed by atoms with van der Waals surface area (Å²) in [5.41, 5.74) is 3.69. The van der Waals surface area contributed by atoms with Crippen LogP contribution in [-0.4, -0.2) is 12.0 Å². The van der Waals surface area contributed by atoms with E-state index in [1.165, 1.54) is 36.9 Å². The molecule has 2 heteroatoms. The van der Waals surface area contributed by atoms with Gasteiger partial charge in [-0.05, 0) is 51.3 Å². The molecular weight excluding hydrogens is 196 g/mol. The molecule has 2 nitrogen and oxygen atoms in total. The minimum Gasteiger partial charge on any atom is -0.313 e. The van der Waals surface area contributed by atoms with Gasteiger partial charge in [-0.2, -0.15) is 0 Å². The van der Waals surface area contributed by atoms with Crippen molar-refractivity contribution in [2.24, 2.45) is 5.92 Å². The normalized spacial score (nSPS) is 18.9. The standard InChI is InChI=1S/C14H22N2/c1-10-8-9-13(11(2)16-10)14(15-3)12-6-4-5-7-12/h8-9,12,14-15H,4-7H2,1-3H3. The van der Waals surface area contributed by atoms with E-state index in [9.17, 15) is 0 Å². The topological polar surface area (TPSA) is 24.9 Å². The van der Waals surface area contributed by atoms with Crippen molar-refractivity contribution >= 4 is 0 Å². The van der Waals surface area contributed by atoms with Crippen LogP contribution in [0, 0.1) is 19.8 Å². The Morgan fingerprint density at radius 3 is 2.50 bits per heavy atom. The summed E-state index contributed by atoms with van der Waals surface area (Å²) in [6.45, 7) is 4.18. The lowest BCUT2D eigenvalue weighted by Gasteiger charge is -2.24. The van der Waals surface area contributed by atoms with Crippen LogP contribution >= 0.6 is 0 Å². The van der Waals surface area contributed by atoms with E-state index >= 15 is 0 Å². The number of pyridine rings is 1. The average Bonchev–Trinajstić information content (AvgIpc) is 2.75. The molecule has 0 bridgehead atoms. The van der Waals surface area contributed by atoms with E-state index in [-0.39, 0.29) is 0 Å². The summed E-state index contributed by atoms with van der Waals surface area (Å²) in [6, 6.07) is 4.87. The molecule has 1 fully saturated rings. The minimum atomic E-state index is 0.496. The Morgan fingerprint density at radius 1 is 1.25 bits per heavy atom. The van der Waals surface area contributed by atoms with E-state index in [2.05, 4.69) is 43.3 Å². The molecule has 0 radical (unpaired) electrons. The molecule has 1 aromatic heterocycles. The second-order valence-corrected chi connectivity index (χ2v) is 4.94. The highest BCUT2D eigenvalue weighted by atomic mass is 14.9. The van der Waals surface area contributed by atoms with Gasteiger partial charge in [0.15, 0.2) is 0 Å². The number of aromatic nitrogens is 1. The number of hydrogen-bond donors (Lipinski definition) is 1. The van der Waals surface area contributed by atoms with E-state index in [4.69, 9.17) is 0 Å². The highest BCUT2D eigenvalue weighted by Gasteiger charge is 2.26. The zero-order valence-corrected chi connectivity index (χ0v) is 10.6. The van der Waals surface area contributed by atoms with E-state index < -0.39 is 0 Å². The molecule has 1 N–H and O–H groups in total. The van der Waals surface area contributed by atoms with Crippen molar-refractivity contribution in [1.82, 2.24) is 10.3 Å². The third-order valence-electron chi connectivity index (χ3n) is 3.78. The molecule has 0 saturated heterocycles. The van der Waals surface area contributed by atoms with Gasteiger partial charge in [0.25, 0.3) is 0 Å². The van der Waals surface area contributed by atoms with Crippen LogP contribution in [0.3, 0.4) is 0 Å². The lowest BCUT2D eigenvalue weighted by atomic mass is 9.91. The molecule has 2 rings (SSSR count). The first-order chi connectivity index (χ1) is 7.72. The molecule has 1 aliphatic rings. The maximum Gasteiger partial charge on any atom is 0.0423 e. The van der Waals surface area contributed by atoms with Gasteiger partial charge in [0.2, 0.25) is 0 Å². The molecule has 1 aromatic rings. The van der Waals surface area contributed by atoms with Crippen LogP contribution in [0.2, 0.25) is 0 Å². The van der Waals surface area contributed by atoms with E-state index in [0.717, 1.165) is 11.6 Å². The van der Waals surface area contributed by atoms with Crippen LogP contribution in [0.15, 0.2) is 12.1 Å². The first-order valence-corrected chi connectivity index (χ1v) is 6.34. The second-order valence-electron chi connectivity index (χ2n) is 4.94. The number of hydrogen-bond acceptors (Lipinski definition) is 2. The summed E-state index contributed by atoms with van der Waals surface area (Å²) in [7, 11) is 2.07. The van der Waals surface area contributed by atoms with Gasteiger partial charge in [0.05, 0.1) is 0 Å². The summed E-state index contributed by atoms with van der Waals surface area (Å²) in [6.07, 6.45) is 5.50. The van der Waals surface area contributed by atoms with Crippen LogP contribution in [0.4, 0.5) is 0 Å². The largest absolute Gasteiger partial charge is 0.313 e. The summed E-state index contributed by atoms with van der Waals surface area (Å²) in [5.74, 6) is 0.799. The van der Waals surface area contributed by atoms with E-state index in [1.54, 1.807) is 0 Å². The molecule has 16 heavy (non-hydrogen) atoms. The highest BCUT2D eigenvalue weighted by Crippen LogP contribution is 2.36. The Bertz CT molecular complexity index is 354. The predicted octanol–water partition coefficient (Wildman–Crippen LogP) is 3.15. The van der Waals surface area contributed by atoms with Crippen molar-refractivity contribution in [2.45, 2.75) is 45.6 Å². The van der Waals surface area contributed by atoms with Gasteiger partial charge in [-0.3, -0.25) is 4.98 Å². The van der Waals surface area contributed by atoms with Crippen molar-refractivity contribution in [3.05, 3.63) is 29.1 Å². The van der Waals surface area contributed by atoms with Crippen LogP contribution in [0.25, 0.3) is 0 Å². The van der Waals surface area contributed by atoms with Gasteiger partial charge in [0, 0.05) is 17.4 Å². The summed E-state index contributed by atoms with van der Waals surface area (Å²) in [5, 5.41) is 3.48. The molecule has 0 aliphatic heterocycles. The first kappa shape index (κ1) is 11.6. The zero-order valence-electron chi connectivity index (χ0n) is 10.6. The smallest absolute Gasteiger partial charge is 0.0423 e. The van der Waals surface area contributed by atoms with Gasteiger partial charge >= 0.3 is 0 Å². The van der Waals surface area contributed by atoms with Crippen molar-refractivity contribution in [3.8, 4) is 0 Å². The fraction of sp³-hybridized carbons (Fsp3) is 0.643. The third-order valence-corrected chi connectivity index (χ3v) is 3.78. The first-order valence-electron chi connectivity index (χ1n) is 6.34. The molecule has 1 atom stereocenters. The Morgan fingerprint density at radius 2 is 1.94 bits per heavy atom. The van der Waals surface area contributed by atoms with Gasteiger partial charge < -0.3 is 5.32 Å². The number of nitrogens with zero attached hydrogens (tertiary/aromatic N) is 1. The lowest BCUT2D eigenvalue weighted by Crippen LogP contribution is -2.24. The maximum atomic E-state index is 4.57. The highest BCUT2D eigenvalue weighted by molar-refractivity contribution is 5.26. The Balaban J connectivity index is 2.25. The van der Waals surface area contributed by atoms with Gasteiger partial charge in [-0.25, -0.2) is 0 Å². The van der Waals surface area contributed by atoms with Crippen molar-refractivity contribution < 1.29 is 0 Å². The minimum absolute atomic E-state index is 0.496. The van der Waals surface area contributed by atoms with Crippen LogP contribution in [0.5, 0.6) is 0 Å². The second kappa shape index (κ2) is 4.96. The Hall–Kier alpha value is -0.890. The number of rotatable bonds is 3. The van der Waals surface area contributed by atoms with Crippen molar-refractivity contribution in [3.63, 3.8) is 0 Å². The molecule has 1 saturated carbocycles. The molecule has 88 valence electrons. The molecular formula is C14H22N2. The van der Waals surface area contributed by atoms with Crippen molar-refractivity contribution in [1.29, 1.82) is 0 Å².